The summed E-state index contributed by atoms with van der Waals surface area (Å²) in [6.45, 7) is 0. The van der Waals surface area contributed by atoms with Crippen LogP contribution in [0.1, 0.15) is 0 Å². The molecule has 0 unspecified atom stereocenters. The lowest BCUT2D eigenvalue weighted by Crippen LogP contribution is -2.03. The van der Waals surface area contributed by atoms with Crippen molar-refractivity contribution in [3.63, 3.8) is 0 Å². The normalized spacial score (nSPS) is 12.6. The van der Waals surface area contributed by atoms with Gasteiger partial charge >= 0.3 is 0 Å². The maximum Gasteiger partial charge on any atom is 0.236 e. The highest BCUT2D eigenvalue weighted by molar-refractivity contribution is 6.40. The van der Waals surface area contributed by atoms with Crippen LogP contribution >= 0.6 is 0 Å². The minimum atomic E-state index is 0.609. The van der Waals surface area contributed by atoms with E-state index in [2.05, 4.69) is 167 Å². The fourth-order valence-corrected chi connectivity index (χ4v) is 10.1. The molecule has 5 nitrogen and oxygen atoms in total. The predicted molar refractivity (Wildman–Crippen MR) is 236 cm³/mol. The molecule has 0 atom stereocenters. The number of para-hydroxylation sites is 3. The van der Waals surface area contributed by atoms with E-state index in [-0.39, 0.29) is 0 Å². The van der Waals surface area contributed by atoms with Gasteiger partial charge in [0, 0.05) is 48.7 Å². The molecule has 57 heavy (non-hydrogen) atoms. The third kappa shape index (κ3) is 3.69. The Labute approximate surface area is 323 Å². The van der Waals surface area contributed by atoms with E-state index in [1.807, 2.05) is 12.1 Å². The Hall–Kier alpha value is -7.76. The maximum atomic E-state index is 6.62. The number of furan rings is 1. The van der Waals surface area contributed by atoms with Gasteiger partial charge in [0.25, 0.3) is 0 Å². The molecule has 0 radical (unpaired) electrons. The second-order valence-corrected chi connectivity index (χ2v) is 15.3. The smallest absolute Gasteiger partial charge is 0.236 e. The molecule has 5 heterocycles. The first-order chi connectivity index (χ1) is 28.3. The molecule has 0 saturated heterocycles. The Morgan fingerprint density at radius 1 is 0.404 bits per heavy atom. The SMILES string of the molecule is c1ccc2cc(-c3nc(-n4c5ccccc5c5c4c4ccccc4c4c6cccc7c8c9ccccc9ccc8n(c76)c45)nc4c3oc3ccccc34)ccc2c1. The van der Waals surface area contributed by atoms with Crippen LogP contribution in [0.3, 0.4) is 0 Å². The van der Waals surface area contributed by atoms with Gasteiger partial charge in [-0.3, -0.25) is 4.57 Å². The fourth-order valence-electron chi connectivity index (χ4n) is 10.1. The van der Waals surface area contributed by atoms with E-state index in [0.717, 1.165) is 54.9 Å². The van der Waals surface area contributed by atoms with Crippen LogP contribution in [0.15, 0.2) is 174 Å². The summed E-state index contributed by atoms with van der Waals surface area (Å²) < 4.78 is 11.5. The van der Waals surface area contributed by atoms with Crippen LogP contribution in [0.4, 0.5) is 0 Å². The van der Waals surface area contributed by atoms with E-state index in [0.29, 0.717) is 11.5 Å². The highest BCUT2D eigenvalue weighted by Crippen LogP contribution is 2.49. The molecule has 0 aliphatic carbocycles. The molecule has 0 amide bonds. The molecule has 5 heteroatoms. The molecule has 9 aromatic carbocycles. The van der Waals surface area contributed by atoms with E-state index < -0.39 is 0 Å². The van der Waals surface area contributed by atoms with E-state index in [1.165, 1.54) is 65.0 Å². The Morgan fingerprint density at radius 2 is 1.07 bits per heavy atom. The molecule has 0 saturated carbocycles. The number of nitrogens with zero attached hydrogens (tertiary/aromatic N) is 4. The molecule has 0 aliphatic rings. The predicted octanol–water partition coefficient (Wildman–Crippen LogP) is 13.7. The van der Waals surface area contributed by atoms with Crippen LogP contribution in [0.2, 0.25) is 0 Å². The minimum absolute atomic E-state index is 0.609. The summed E-state index contributed by atoms with van der Waals surface area (Å²) in [6.07, 6.45) is 0. The standard InChI is InChI=1S/C52H28N4O/c1-2-14-31-28-32(25-24-29(31)12-1)46-51-47(37-19-8-10-23-42(37)57-51)54-52(53-46)56-40-22-9-7-18-36(40)45-49(56)35-17-6-5-16-34(35)44-39-21-11-20-38-43-33-15-4-3-13-30(33)26-27-41(43)55(48(38)39)50(44)45/h1-28H. The number of fused-ring (bicyclic) bond motifs is 19. The van der Waals surface area contributed by atoms with Crippen molar-refractivity contribution in [3.05, 3.63) is 170 Å². The summed E-state index contributed by atoms with van der Waals surface area (Å²) in [7, 11) is 0. The third-order valence-corrected chi connectivity index (χ3v) is 12.4. The molecule has 0 N–H and O–H groups in total. The number of hydrogen-bond donors (Lipinski definition) is 0. The lowest BCUT2D eigenvalue weighted by Gasteiger charge is -2.12. The molecule has 5 aromatic heterocycles. The van der Waals surface area contributed by atoms with Crippen LogP contribution in [-0.2, 0) is 0 Å². The Balaban J connectivity index is 1.21. The van der Waals surface area contributed by atoms with Crippen molar-refractivity contribution in [2.75, 3.05) is 0 Å². The zero-order chi connectivity index (χ0) is 36.9. The number of rotatable bonds is 2. The summed E-state index contributed by atoms with van der Waals surface area (Å²) in [5, 5.41) is 15.6. The zero-order valence-corrected chi connectivity index (χ0v) is 30.4. The van der Waals surface area contributed by atoms with Gasteiger partial charge in [0.2, 0.25) is 5.95 Å². The second kappa shape index (κ2) is 10.5. The van der Waals surface area contributed by atoms with Crippen molar-refractivity contribution < 1.29 is 4.42 Å². The highest BCUT2D eigenvalue weighted by atomic mass is 16.3. The van der Waals surface area contributed by atoms with Crippen molar-refractivity contribution in [1.29, 1.82) is 0 Å². The van der Waals surface area contributed by atoms with Crippen molar-refractivity contribution >= 4 is 114 Å². The molecule has 0 bridgehead atoms. The van der Waals surface area contributed by atoms with Gasteiger partial charge in [0.15, 0.2) is 5.58 Å². The monoisotopic (exact) mass is 724 g/mol. The summed E-state index contributed by atoms with van der Waals surface area (Å²) in [5.41, 5.74) is 9.85. The zero-order valence-electron chi connectivity index (χ0n) is 30.4. The Morgan fingerprint density at radius 3 is 1.95 bits per heavy atom. The minimum Gasteiger partial charge on any atom is -0.452 e. The van der Waals surface area contributed by atoms with Gasteiger partial charge in [-0.05, 0) is 57.3 Å². The fraction of sp³-hybridized carbons (Fsp3) is 0. The molecule has 0 spiro atoms. The lowest BCUT2D eigenvalue weighted by molar-refractivity contribution is 0.666. The van der Waals surface area contributed by atoms with Crippen LogP contribution in [-0.4, -0.2) is 18.9 Å². The van der Waals surface area contributed by atoms with E-state index in [1.54, 1.807) is 0 Å². The molecule has 14 aromatic rings. The third-order valence-electron chi connectivity index (χ3n) is 12.4. The van der Waals surface area contributed by atoms with Gasteiger partial charge in [-0.15, -0.1) is 0 Å². The van der Waals surface area contributed by atoms with Crippen molar-refractivity contribution in [3.8, 4) is 17.2 Å². The van der Waals surface area contributed by atoms with Gasteiger partial charge in [-0.25, -0.2) is 9.97 Å². The summed E-state index contributed by atoms with van der Waals surface area (Å²) >= 11 is 0. The van der Waals surface area contributed by atoms with Crippen molar-refractivity contribution in [1.82, 2.24) is 18.9 Å². The molecular weight excluding hydrogens is 697 g/mol. The second-order valence-electron chi connectivity index (χ2n) is 15.3. The van der Waals surface area contributed by atoms with Crippen molar-refractivity contribution in [2.45, 2.75) is 0 Å². The quantitative estimate of drug-likeness (QED) is 0.178. The largest absolute Gasteiger partial charge is 0.452 e. The highest BCUT2D eigenvalue weighted by Gasteiger charge is 2.28. The van der Waals surface area contributed by atoms with Crippen LogP contribution in [0.25, 0.3) is 131 Å². The van der Waals surface area contributed by atoms with Crippen LogP contribution in [0.5, 0.6) is 0 Å². The Kier molecular flexibility index (Phi) is 5.45. The number of hydrogen-bond acceptors (Lipinski definition) is 3. The first kappa shape index (κ1) is 29.6. The summed E-state index contributed by atoms with van der Waals surface area (Å²) in [6, 6.07) is 61.0. The lowest BCUT2D eigenvalue weighted by atomic mass is 9.97. The average molecular weight is 725 g/mol. The van der Waals surface area contributed by atoms with Gasteiger partial charge in [0.05, 0.1) is 27.6 Å². The van der Waals surface area contributed by atoms with Gasteiger partial charge in [0.1, 0.15) is 16.8 Å². The van der Waals surface area contributed by atoms with E-state index in [4.69, 9.17) is 14.4 Å². The van der Waals surface area contributed by atoms with Gasteiger partial charge < -0.3 is 8.82 Å². The molecule has 0 aliphatic heterocycles. The van der Waals surface area contributed by atoms with Crippen LogP contribution in [0, 0.1) is 0 Å². The first-order valence-corrected chi connectivity index (χ1v) is 19.4. The summed E-state index contributed by atoms with van der Waals surface area (Å²) in [5.74, 6) is 0.609. The van der Waals surface area contributed by atoms with Gasteiger partial charge in [-0.1, -0.05) is 140 Å². The first-order valence-electron chi connectivity index (χ1n) is 19.4. The van der Waals surface area contributed by atoms with Gasteiger partial charge in [-0.2, -0.15) is 0 Å². The van der Waals surface area contributed by atoms with Crippen LogP contribution < -0.4 is 0 Å². The maximum absolute atomic E-state index is 6.62. The van der Waals surface area contributed by atoms with E-state index in [9.17, 15) is 0 Å². The average Bonchev–Trinajstić information content (AvgIpc) is 4.02. The number of benzene rings is 9. The van der Waals surface area contributed by atoms with Crippen molar-refractivity contribution in [2.24, 2.45) is 0 Å². The molecule has 262 valence electrons. The summed E-state index contributed by atoms with van der Waals surface area (Å²) in [4.78, 5) is 11.0. The molecular formula is C52H28N4O. The number of aromatic nitrogens is 4. The molecule has 14 rings (SSSR count). The molecule has 0 fully saturated rings. The Bertz CT molecular complexity index is 4050. The topological polar surface area (TPSA) is 48.3 Å². The van der Waals surface area contributed by atoms with E-state index >= 15 is 0 Å².